The fourth-order valence-corrected chi connectivity index (χ4v) is 3.61. The van der Waals surface area contributed by atoms with Crippen molar-refractivity contribution in [2.45, 2.75) is 6.04 Å². The summed E-state index contributed by atoms with van der Waals surface area (Å²) in [5, 5.41) is 7.30. The van der Waals surface area contributed by atoms with Gasteiger partial charge < -0.3 is 10.2 Å². The monoisotopic (exact) mass is 350 g/mol. The highest BCUT2D eigenvalue weighted by Gasteiger charge is 2.17. The Labute approximate surface area is 152 Å². The lowest BCUT2D eigenvalue weighted by Crippen LogP contribution is -2.34. The van der Waals surface area contributed by atoms with Crippen LogP contribution in [0.4, 0.5) is 0 Å². The van der Waals surface area contributed by atoms with Crippen molar-refractivity contribution in [3.63, 3.8) is 0 Å². The predicted octanol–water partition coefficient (Wildman–Crippen LogP) is 4.45. The molecule has 0 saturated heterocycles. The van der Waals surface area contributed by atoms with E-state index >= 15 is 0 Å². The number of rotatable bonds is 6. The molecule has 128 valence electrons. The van der Waals surface area contributed by atoms with Gasteiger partial charge in [0.05, 0.1) is 6.04 Å². The Kier molecular flexibility index (Phi) is 5.64. The smallest absolute Gasteiger partial charge is 0.251 e. The van der Waals surface area contributed by atoms with Gasteiger partial charge in [0.2, 0.25) is 0 Å². The summed E-state index contributed by atoms with van der Waals surface area (Å²) in [5.74, 6) is -0.0402. The van der Waals surface area contributed by atoms with Crippen LogP contribution >= 0.6 is 11.3 Å². The van der Waals surface area contributed by atoms with E-state index in [0.717, 1.165) is 11.1 Å². The van der Waals surface area contributed by atoms with Crippen LogP contribution in [0.2, 0.25) is 0 Å². The van der Waals surface area contributed by atoms with E-state index < -0.39 is 0 Å². The summed E-state index contributed by atoms with van der Waals surface area (Å²) in [7, 11) is 4.07. The van der Waals surface area contributed by atoms with Gasteiger partial charge in [-0.15, -0.1) is 0 Å². The Balaban J connectivity index is 1.78. The fourth-order valence-electron chi connectivity index (χ4n) is 2.90. The van der Waals surface area contributed by atoms with Gasteiger partial charge in [-0.25, -0.2) is 0 Å². The zero-order valence-corrected chi connectivity index (χ0v) is 15.3. The summed E-state index contributed by atoms with van der Waals surface area (Å²) in [5.41, 5.74) is 3.94. The molecule has 3 nitrogen and oxygen atoms in total. The van der Waals surface area contributed by atoms with Crippen LogP contribution in [-0.4, -0.2) is 31.4 Å². The SMILES string of the molecule is CN(C)C(CNC(=O)c1ccccc1-c1ccccc1)c1ccsc1. The van der Waals surface area contributed by atoms with Gasteiger partial charge in [-0.1, -0.05) is 48.5 Å². The first-order valence-corrected chi connectivity index (χ1v) is 9.22. The van der Waals surface area contributed by atoms with E-state index in [1.807, 2.05) is 68.7 Å². The molecule has 1 unspecified atom stereocenters. The number of benzene rings is 2. The lowest BCUT2D eigenvalue weighted by molar-refractivity contribution is 0.0942. The van der Waals surface area contributed by atoms with Gasteiger partial charge in [0.15, 0.2) is 0 Å². The van der Waals surface area contributed by atoms with Gasteiger partial charge in [0, 0.05) is 12.1 Å². The molecule has 1 aromatic heterocycles. The maximum absolute atomic E-state index is 12.8. The largest absolute Gasteiger partial charge is 0.350 e. The molecule has 0 aliphatic heterocycles. The highest BCUT2D eigenvalue weighted by Crippen LogP contribution is 2.24. The summed E-state index contributed by atoms with van der Waals surface area (Å²) in [6.45, 7) is 0.575. The maximum atomic E-state index is 12.8. The van der Waals surface area contributed by atoms with Gasteiger partial charge >= 0.3 is 0 Å². The summed E-state index contributed by atoms with van der Waals surface area (Å²) in [6, 6.07) is 20.0. The van der Waals surface area contributed by atoms with E-state index in [0.29, 0.717) is 12.1 Å². The molecule has 1 amide bonds. The van der Waals surface area contributed by atoms with Gasteiger partial charge in [0.1, 0.15) is 0 Å². The molecule has 0 aliphatic carbocycles. The van der Waals surface area contributed by atoms with Crippen molar-refractivity contribution in [1.29, 1.82) is 0 Å². The normalized spacial score (nSPS) is 12.1. The minimum atomic E-state index is -0.0402. The van der Waals surface area contributed by atoms with Crippen LogP contribution in [0, 0.1) is 0 Å². The standard InChI is InChI=1S/C21H22N2OS/c1-23(2)20(17-12-13-25-15-17)14-22-21(24)19-11-7-6-10-18(19)16-8-4-3-5-9-16/h3-13,15,20H,14H2,1-2H3,(H,22,24). The highest BCUT2D eigenvalue weighted by atomic mass is 32.1. The third-order valence-corrected chi connectivity index (χ3v) is 4.97. The topological polar surface area (TPSA) is 32.3 Å². The molecular weight excluding hydrogens is 328 g/mol. The Morgan fingerprint density at radius 1 is 1.04 bits per heavy atom. The second-order valence-corrected chi connectivity index (χ2v) is 6.94. The third kappa shape index (κ3) is 4.16. The minimum Gasteiger partial charge on any atom is -0.350 e. The zero-order valence-electron chi connectivity index (χ0n) is 14.5. The first-order chi connectivity index (χ1) is 12.2. The molecule has 0 radical (unpaired) electrons. The zero-order chi connectivity index (χ0) is 17.6. The number of likely N-dealkylation sites (N-methyl/N-ethyl adjacent to an activating group) is 1. The molecule has 4 heteroatoms. The average molecular weight is 350 g/mol. The number of hydrogen-bond acceptors (Lipinski definition) is 3. The van der Waals surface area contributed by atoms with E-state index in [9.17, 15) is 4.79 Å². The van der Waals surface area contributed by atoms with Gasteiger partial charge in [-0.3, -0.25) is 4.79 Å². The molecular formula is C21H22N2OS. The Morgan fingerprint density at radius 3 is 2.44 bits per heavy atom. The molecule has 2 aromatic carbocycles. The fraction of sp³-hybridized carbons (Fsp3) is 0.190. The highest BCUT2D eigenvalue weighted by molar-refractivity contribution is 7.07. The van der Waals surface area contributed by atoms with Crippen molar-refractivity contribution >= 4 is 17.2 Å². The Morgan fingerprint density at radius 2 is 1.76 bits per heavy atom. The molecule has 0 aliphatic rings. The molecule has 0 fully saturated rings. The van der Waals surface area contributed by atoms with E-state index in [1.165, 1.54) is 5.56 Å². The van der Waals surface area contributed by atoms with Crippen molar-refractivity contribution < 1.29 is 4.79 Å². The minimum absolute atomic E-state index is 0.0402. The molecule has 0 spiro atoms. The van der Waals surface area contributed by atoms with Crippen molar-refractivity contribution in [3.8, 4) is 11.1 Å². The molecule has 25 heavy (non-hydrogen) atoms. The number of carbonyl (C=O) groups excluding carboxylic acids is 1. The van der Waals surface area contributed by atoms with E-state index in [-0.39, 0.29) is 11.9 Å². The van der Waals surface area contributed by atoms with Crippen LogP contribution in [0.3, 0.4) is 0 Å². The molecule has 3 rings (SSSR count). The van der Waals surface area contributed by atoms with Crippen LogP contribution in [0.1, 0.15) is 22.0 Å². The first-order valence-electron chi connectivity index (χ1n) is 8.28. The van der Waals surface area contributed by atoms with Crippen LogP contribution in [0.25, 0.3) is 11.1 Å². The number of hydrogen-bond donors (Lipinski definition) is 1. The predicted molar refractivity (Wildman–Crippen MR) is 105 cm³/mol. The van der Waals surface area contributed by atoms with E-state index in [1.54, 1.807) is 11.3 Å². The molecule has 1 N–H and O–H groups in total. The van der Waals surface area contributed by atoms with E-state index in [4.69, 9.17) is 0 Å². The number of amides is 1. The van der Waals surface area contributed by atoms with Crippen LogP contribution in [0.5, 0.6) is 0 Å². The summed E-state index contributed by atoms with van der Waals surface area (Å²) < 4.78 is 0. The van der Waals surface area contributed by atoms with E-state index in [2.05, 4.69) is 27.0 Å². The number of nitrogens with zero attached hydrogens (tertiary/aromatic N) is 1. The van der Waals surface area contributed by atoms with Crippen molar-refractivity contribution in [3.05, 3.63) is 82.6 Å². The first kappa shape index (κ1) is 17.4. The Bertz CT molecular complexity index is 813. The summed E-state index contributed by atoms with van der Waals surface area (Å²) >= 11 is 1.68. The van der Waals surface area contributed by atoms with Crippen LogP contribution in [-0.2, 0) is 0 Å². The van der Waals surface area contributed by atoms with Crippen molar-refractivity contribution in [2.75, 3.05) is 20.6 Å². The van der Waals surface area contributed by atoms with Crippen molar-refractivity contribution in [2.24, 2.45) is 0 Å². The molecule has 1 heterocycles. The molecule has 3 aromatic rings. The third-order valence-electron chi connectivity index (χ3n) is 4.26. The summed E-state index contributed by atoms with van der Waals surface area (Å²) in [4.78, 5) is 14.9. The second kappa shape index (κ2) is 8.10. The Hall–Kier alpha value is -2.43. The van der Waals surface area contributed by atoms with Gasteiger partial charge in [-0.2, -0.15) is 11.3 Å². The van der Waals surface area contributed by atoms with Crippen LogP contribution < -0.4 is 5.32 Å². The van der Waals surface area contributed by atoms with Crippen molar-refractivity contribution in [1.82, 2.24) is 10.2 Å². The maximum Gasteiger partial charge on any atom is 0.251 e. The number of nitrogens with one attached hydrogen (secondary N) is 1. The molecule has 0 saturated carbocycles. The van der Waals surface area contributed by atoms with Gasteiger partial charge in [0.25, 0.3) is 5.91 Å². The summed E-state index contributed by atoms with van der Waals surface area (Å²) in [6.07, 6.45) is 0. The number of thiophene rings is 1. The molecule has 1 atom stereocenters. The van der Waals surface area contributed by atoms with Gasteiger partial charge in [-0.05, 0) is 53.7 Å². The lowest BCUT2D eigenvalue weighted by Gasteiger charge is -2.24. The van der Waals surface area contributed by atoms with Crippen LogP contribution in [0.15, 0.2) is 71.4 Å². The molecule has 0 bridgehead atoms. The lowest BCUT2D eigenvalue weighted by atomic mass is 9.99. The average Bonchev–Trinajstić information content (AvgIpc) is 3.16. The number of carbonyl (C=O) groups is 1. The second-order valence-electron chi connectivity index (χ2n) is 6.16. The quantitative estimate of drug-likeness (QED) is 0.712.